The maximum atomic E-state index is 12.5. The Morgan fingerprint density at radius 3 is 2.25 bits per heavy atom. The molecule has 0 amide bonds. The minimum Gasteiger partial charge on any atom is -0.309 e. The average Bonchev–Trinajstić information content (AvgIpc) is 2.09. The van der Waals surface area contributed by atoms with Gasteiger partial charge in [-0.25, -0.2) is 0 Å². The molecule has 2 nitrogen and oxygen atoms in total. The minimum atomic E-state index is -4.12. The van der Waals surface area contributed by atoms with Crippen molar-refractivity contribution in [3.63, 3.8) is 0 Å². The quantitative estimate of drug-likeness (QED) is 0.794. The van der Waals surface area contributed by atoms with E-state index in [2.05, 4.69) is 5.32 Å². The van der Waals surface area contributed by atoms with E-state index in [0.29, 0.717) is 19.5 Å². The highest BCUT2D eigenvalue weighted by Crippen LogP contribution is 2.30. The molecular formula is C11H21F3N2. The highest BCUT2D eigenvalue weighted by atomic mass is 19.4. The largest absolute Gasteiger partial charge is 0.401 e. The molecule has 1 heterocycles. The number of nitrogens with one attached hydrogen (secondary N) is 1. The van der Waals surface area contributed by atoms with E-state index in [4.69, 9.17) is 0 Å². The van der Waals surface area contributed by atoms with Crippen LogP contribution in [-0.2, 0) is 0 Å². The Kier molecular flexibility index (Phi) is 3.60. The van der Waals surface area contributed by atoms with Crippen molar-refractivity contribution in [3.8, 4) is 0 Å². The first-order valence-corrected chi connectivity index (χ1v) is 5.65. The molecule has 0 spiro atoms. The van der Waals surface area contributed by atoms with Crippen LogP contribution in [0.4, 0.5) is 13.2 Å². The lowest BCUT2D eigenvalue weighted by Crippen LogP contribution is -2.68. The van der Waals surface area contributed by atoms with Gasteiger partial charge in [0, 0.05) is 24.2 Å². The topological polar surface area (TPSA) is 15.3 Å². The van der Waals surface area contributed by atoms with Crippen molar-refractivity contribution in [3.05, 3.63) is 0 Å². The van der Waals surface area contributed by atoms with Crippen LogP contribution < -0.4 is 5.32 Å². The van der Waals surface area contributed by atoms with Crippen LogP contribution in [0.2, 0.25) is 0 Å². The van der Waals surface area contributed by atoms with Crippen molar-refractivity contribution in [1.82, 2.24) is 10.2 Å². The van der Waals surface area contributed by atoms with E-state index in [1.165, 1.54) is 0 Å². The van der Waals surface area contributed by atoms with Gasteiger partial charge in [-0.15, -0.1) is 0 Å². The lowest BCUT2D eigenvalue weighted by molar-refractivity contribution is -0.166. The van der Waals surface area contributed by atoms with Gasteiger partial charge in [0.2, 0.25) is 0 Å². The number of piperazine rings is 1. The van der Waals surface area contributed by atoms with E-state index < -0.39 is 18.3 Å². The zero-order valence-electron chi connectivity index (χ0n) is 10.4. The van der Waals surface area contributed by atoms with Crippen LogP contribution in [0.1, 0.15) is 34.1 Å². The van der Waals surface area contributed by atoms with E-state index in [9.17, 15) is 13.2 Å². The monoisotopic (exact) mass is 238 g/mol. The Labute approximate surface area is 95.2 Å². The molecule has 0 aromatic heterocycles. The Balaban J connectivity index is 2.81. The van der Waals surface area contributed by atoms with E-state index in [1.807, 2.05) is 27.7 Å². The van der Waals surface area contributed by atoms with Gasteiger partial charge >= 0.3 is 6.18 Å². The SMILES string of the molecule is CCC1(C)CNC(C)(C)CN1CC(F)(F)F. The summed E-state index contributed by atoms with van der Waals surface area (Å²) in [5.41, 5.74) is -0.648. The van der Waals surface area contributed by atoms with Gasteiger partial charge in [0.25, 0.3) is 0 Å². The first kappa shape index (κ1) is 13.8. The summed E-state index contributed by atoms with van der Waals surface area (Å²) in [6, 6.07) is 0. The first-order valence-electron chi connectivity index (χ1n) is 5.65. The van der Waals surface area contributed by atoms with E-state index in [0.717, 1.165) is 0 Å². The van der Waals surface area contributed by atoms with Gasteiger partial charge in [-0.3, -0.25) is 4.90 Å². The summed E-state index contributed by atoms with van der Waals surface area (Å²) >= 11 is 0. The van der Waals surface area contributed by atoms with Crippen molar-refractivity contribution in [2.75, 3.05) is 19.6 Å². The Morgan fingerprint density at radius 1 is 1.25 bits per heavy atom. The van der Waals surface area contributed by atoms with Gasteiger partial charge < -0.3 is 5.32 Å². The molecule has 0 aromatic rings. The van der Waals surface area contributed by atoms with E-state index >= 15 is 0 Å². The third kappa shape index (κ3) is 3.35. The van der Waals surface area contributed by atoms with Crippen molar-refractivity contribution in [2.24, 2.45) is 0 Å². The molecule has 16 heavy (non-hydrogen) atoms. The fraction of sp³-hybridized carbons (Fsp3) is 1.00. The van der Waals surface area contributed by atoms with Gasteiger partial charge in [-0.1, -0.05) is 6.92 Å². The summed E-state index contributed by atoms with van der Waals surface area (Å²) in [5, 5.41) is 3.31. The molecule has 1 unspecified atom stereocenters. The predicted molar refractivity (Wildman–Crippen MR) is 58.4 cm³/mol. The predicted octanol–water partition coefficient (Wildman–Crippen LogP) is 2.40. The summed E-state index contributed by atoms with van der Waals surface area (Å²) < 4.78 is 37.5. The van der Waals surface area contributed by atoms with E-state index in [-0.39, 0.29) is 5.54 Å². The van der Waals surface area contributed by atoms with Gasteiger partial charge in [-0.2, -0.15) is 13.2 Å². The average molecular weight is 238 g/mol. The summed E-state index contributed by atoms with van der Waals surface area (Å²) in [6.45, 7) is 7.91. The first-order chi connectivity index (χ1) is 7.08. The second-order valence-corrected chi connectivity index (χ2v) is 5.56. The molecule has 1 fully saturated rings. The molecule has 1 rings (SSSR count). The van der Waals surface area contributed by atoms with Crippen LogP contribution >= 0.6 is 0 Å². The molecule has 0 aliphatic carbocycles. The van der Waals surface area contributed by atoms with Crippen LogP contribution in [0.15, 0.2) is 0 Å². The molecule has 1 N–H and O–H groups in total. The minimum absolute atomic E-state index is 0.250. The zero-order chi connectivity index (χ0) is 12.6. The number of hydrogen-bond acceptors (Lipinski definition) is 2. The number of hydrogen-bond donors (Lipinski definition) is 1. The fourth-order valence-electron chi connectivity index (χ4n) is 2.08. The Hall–Kier alpha value is -0.290. The van der Waals surface area contributed by atoms with Crippen LogP contribution in [-0.4, -0.2) is 41.8 Å². The van der Waals surface area contributed by atoms with Crippen molar-refractivity contribution in [2.45, 2.75) is 51.4 Å². The highest BCUT2D eigenvalue weighted by Gasteiger charge is 2.44. The third-order valence-corrected chi connectivity index (χ3v) is 3.43. The van der Waals surface area contributed by atoms with Crippen molar-refractivity contribution >= 4 is 0 Å². The second kappa shape index (κ2) is 4.18. The number of rotatable bonds is 2. The molecule has 5 heteroatoms. The molecule has 96 valence electrons. The van der Waals surface area contributed by atoms with Gasteiger partial charge in [0.15, 0.2) is 0 Å². The standard InChI is InChI=1S/C11H21F3N2/c1-5-10(4)6-15-9(2,3)7-16(10)8-11(12,13)14/h15H,5-8H2,1-4H3. The zero-order valence-corrected chi connectivity index (χ0v) is 10.4. The van der Waals surface area contributed by atoms with Crippen molar-refractivity contribution in [1.29, 1.82) is 0 Å². The van der Waals surface area contributed by atoms with Crippen LogP contribution in [0.3, 0.4) is 0 Å². The summed E-state index contributed by atoms with van der Waals surface area (Å²) in [5.74, 6) is 0. The molecule has 0 aromatic carbocycles. The summed E-state index contributed by atoms with van der Waals surface area (Å²) in [6.07, 6.45) is -3.41. The molecule has 1 saturated heterocycles. The third-order valence-electron chi connectivity index (χ3n) is 3.43. The number of halogens is 3. The van der Waals surface area contributed by atoms with Gasteiger partial charge in [0.05, 0.1) is 6.54 Å². The molecule has 0 bridgehead atoms. The number of alkyl halides is 3. The lowest BCUT2D eigenvalue weighted by atomic mass is 9.88. The molecule has 1 atom stereocenters. The van der Waals surface area contributed by atoms with E-state index in [1.54, 1.807) is 4.90 Å². The van der Waals surface area contributed by atoms with Crippen LogP contribution in [0.25, 0.3) is 0 Å². The molecule has 1 aliphatic heterocycles. The lowest BCUT2D eigenvalue weighted by Gasteiger charge is -2.51. The highest BCUT2D eigenvalue weighted by molar-refractivity contribution is 4.99. The fourth-order valence-corrected chi connectivity index (χ4v) is 2.08. The maximum Gasteiger partial charge on any atom is 0.401 e. The molecule has 1 aliphatic rings. The molecule has 0 saturated carbocycles. The Bertz CT molecular complexity index is 248. The smallest absolute Gasteiger partial charge is 0.309 e. The maximum absolute atomic E-state index is 12.5. The second-order valence-electron chi connectivity index (χ2n) is 5.56. The summed E-state index contributed by atoms with van der Waals surface area (Å²) in [7, 11) is 0. The van der Waals surface area contributed by atoms with Crippen LogP contribution in [0, 0.1) is 0 Å². The Morgan fingerprint density at radius 2 is 1.81 bits per heavy atom. The van der Waals surface area contributed by atoms with Gasteiger partial charge in [0.1, 0.15) is 0 Å². The van der Waals surface area contributed by atoms with Crippen LogP contribution in [0.5, 0.6) is 0 Å². The summed E-state index contributed by atoms with van der Waals surface area (Å²) in [4.78, 5) is 1.56. The van der Waals surface area contributed by atoms with Gasteiger partial charge in [-0.05, 0) is 27.2 Å². The molecule has 0 radical (unpaired) electrons. The number of nitrogens with zero attached hydrogens (tertiary/aromatic N) is 1. The van der Waals surface area contributed by atoms with Crippen molar-refractivity contribution < 1.29 is 13.2 Å². The molecular weight excluding hydrogens is 217 g/mol. The normalized spacial score (nSPS) is 31.7.